The van der Waals surface area contributed by atoms with Crippen molar-refractivity contribution in [1.29, 1.82) is 0 Å². The highest BCUT2D eigenvalue weighted by Gasteiger charge is 2.25. The lowest BCUT2D eigenvalue weighted by atomic mass is 9.86. The minimum absolute atomic E-state index is 0.246. The molecular weight excluding hydrogens is 190 g/mol. The molecule has 0 aromatic heterocycles. The molecule has 1 aliphatic heterocycles. The fourth-order valence-corrected chi connectivity index (χ4v) is 2.37. The third kappa shape index (κ3) is 5.28. The Hall–Kier alpha value is -0.410. The van der Waals surface area contributed by atoms with E-state index in [9.17, 15) is 9.90 Å². The highest BCUT2D eigenvalue weighted by Crippen LogP contribution is 2.25. The average Bonchev–Trinajstić information content (AvgIpc) is 2.05. The number of nitrogens with zero attached hydrogens (tertiary/aromatic N) is 1. The van der Waals surface area contributed by atoms with Gasteiger partial charge in [-0.05, 0) is 59.0 Å². The van der Waals surface area contributed by atoms with Gasteiger partial charge < -0.3 is 5.11 Å². The summed E-state index contributed by atoms with van der Waals surface area (Å²) in [6.45, 7) is 7.97. The molecule has 3 nitrogen and oxygen atoms in total. The van der Waals surface area contributed by atoms with E-state index < -0.39 is 5.60 Å². The quantitative estimate of drug-likeness (QED) is 0.768. The number of carbonyl (C=O) groups excluding carboxylic acids is 1. The van der Waals surface area contributed by atoms with Crippen LogP contribution in [-0.2, 0) is 4.79 Å². The zero-order chi connectivity index (χ0) is 11.5. The lowest BCUT2D eigenvalue weighted by Gasteiger charge is -2.33. The number of hydrogen-bond acceptors (Lipinski definition) is 3. The van der Waals surface area contributed by atoms with Crippen LogP contribution in [0.3, 0.4) is 0 Å². The number of likely N-dealkylation sites (tertiary alicyclic amines) is 1. The third-order valence-corrected chi connectivity index (χ3v) is 2.94. The number of piperidine rings is 1. The number of carbonyl (C=O) groups is 1. The molecule has 0 aromatic rings. The van der Waals surface area contributed by atoms with Crippen LogP contribution in [0.25, 0.3) is 0 Å². The van der Waals surface area contributed by atoms with E-state index in [1.807, 2.05) is 13.8 Å². The lowest BCUT2D eigenvalue weighted by molar-refractivity contribution is -0.118. The summed E-state index contributed by atoms with van der Waals surface area (Å²) in [7, 11) is 0. The minimum Gasteiger partial charge on any atom is -0.390 e. The van der Waals surface area contributed by atoms with Crippen molar-refractivity contribution in [3.63, 3.8) is 0 Å². The monoisotopic (exact) mass is 213 g/mol. The summed E-state index contributed by atoms with van der Waals surface area (Å²) in [6.07, 6.45) is 3.09. The van der Waals surface area contributed by atoms with Gasteiger partial charge in [-0.3, -0.25) is 9.69 Å². The van der Waals surface area contributed by atoms with Crippen molar-refractivity contribution >= 4 is 5.78 Å². The van der Waals surface area contributed by atoms with E-state index in [0.29, 0.717) is 12.5 Å². The van der Waals surface area contributed by atoms with E-state index in [1.54, 1.807) is 6.92 Å². The topological polar surface area (TPSA) is 40.5 Å². The Morgan fingerprint density at radius 1 is 1.40 bits per heavy atom. The van der Waals surface area contributed by atoms with Gasteiger partial charge in [0.1, 0.15) is 5.78 Å². The second-order valence-corrected chi connectivity index (χ2v) is 5.44. The largest absolute Gasteiger partial charge is 0.390 e. The molecule has 1 aliphatic rings. The molecule has 0 spiro atoms. The molecule has 88 valence electrons. The molecule has 0 atom stereocenters. The fourth-order valence-electron chi connectivity index (χ4n) is 2.37. The van der Waals surface area contributed by atoms with Gasteiger partial charge in [0, 0.05) is 0 Å². The van der Waals surface area contributed by atoms with E-state index in [0.717, 1.165) is 32.4 Å². The Kier molecular flexibility index (Phi) is 4.29. The van der Waals surface area contributed by atoms with Gasteiger partial charge in [0.25, 0.3) is 0 Å². The van der Waals surface area contributed by atoms with Gasteiger partial charge in [0.2, 0.25) is 0 Å². The van der Waals surface area contributed by atoms with Crippen LogP contribution in [0.4, 0.5) is 0 Å². The number of hydrogen-bond donors (Lipinski definition) is 1. The van der Waals surface area contributed by atoms with Crippen molar-refractivity contribution < 1.29 is 9.90 Å². The zero-order valence-corrected chi connectivity index (χ0v) is 10.1. The SMILES string of the molecule is CC(=O)CN1CCC(CC(C)(C)O)CC1. The van der Waals surface area contributed by atoms with Crippen LogP contribution in [-0.4, -0.2) is 41.0 Å². The summed E-state index contributed by atoms with van der Waals surface area (Å²) >= 11 is 0. The molecule has 0 saturated carbocycles. The molecule has 0 aliphatic carbocycles. The molecule has 1 fully saturated rings. The first-order valence-corrected chi connectivity index (χ1v) is 5.81. The first-order valence-electron chi connectivity index (χ1n) is 5.81. The summed E-state index contributed by atoms with van der Waals surface area (Å²) < 4.78 is 0. The van der Waals surface area contributed by atoms with Crippen molar-refractivity contribution in [3.8, 4) is 0 Å². The van der Waals surface area contributed by atoms with Crippen molar-refractivity contribution in [2.75, 3.05) is 19.6 Å². The molecule has 0 radical (unpaired) electrons. The van der Waals surface area contributed by atoms with E-state index in [2.05, 4.69) is 4.90 Å². The second-order valence-electron chi connectivity index (χ2n) is 5.44. The molecular formula is C12H23NO2. The molecule has 0 unspecified atom stereocenters. The van der Waals surface area contributed by atoms with Gasteiger partial charge in [-0.2, -0.15) is 0 Å². The van der Waals surface area contributed by atoms with E-state index in [4.69, 9.17) is 0 Å². The van der Waals surface area contributed by atoms with Crippen molar-refractivity contribution in [2.24, 2.45) is 5.92 Å². The summed E-state index contributed by atoms with van der Waals surface area (Å²) in [4.78, 5) is 13.2. The van der Waals surface area contributed by atoms with Crippen LogP contribution in [0, 0.1) is 5.92 Å². The molecule has 0 amide bonds. The summed E-state index contributed by atoms with van der Waals surface area (Å²) in [5.41, 5.74) is -0.548. The standard InChI is InChI=1S/C12H23NO2/c1-10(14)9-13-6-4-11(5-7-13)8-12(2,3)15/h11,15H,4-9H2,1-3H3. The van der Waals surface area contributed by atoms with Crippen molar-refractivity contribution in [1.82, 2.24) is 4.90 Å². The van der Waals surface area contributed by atoms with Crippen molar-refractivity contribution in [2.45, 2.75) is 45.6 Å². The van der Waals surface area contributed by atoms with Crippen LogP contribution in [0.15, 0.2) is 0 Å². The van der Waals surface area contributed by atoms with Crippen LogP contribution in [0.1, 0.15) is 40.0 Å². The number of rotatable bonds is 4. The first-order chi connectivity index (χ1) is 6.87. The zero-order valence-electron chi connectivity index (χ0n) is 10.1. The van der Waals surface area contributed by atoms with Crippen LogP contribution in [0.2, 0.25) is 0 Å². The van der Waals surface area contributed by atoms with Crippen molar-refractivity contribution in [3.05, 3.63) is 0 Å². The maximum absolute atomic E-state index is 10.9. The molecule has 1 saturated heterocycles. The predicted molar refractivity (Wildman–Crippen MR) is 60.8 cm³/mol. The third-order valence-electron chi connectivity index (χ3n) is 2.94. The van der Waals surface area contributed by atoms with Gasteiger partial charge in [-0.15, -0.1) is 0 Å². The Morgan fingerprint density at radius 3 is 2.33 bits per heavy atom. The summed E-state index contributed by atoms with van der Waals surface area (Å²) in [5.74, 6) is 0.865. The molecule has 1 N–H and O–H groups in total. The molecule has 1 rings (SSSR count). The van der Waals surface area contributed by atoms with Gasteiger partial charge in [0.05, 0.1) is 12.1 Å². The van der Waals surface area contributed by atoms with E-state index in [-0.39, 0.29) is 5.78 Å². The normalized spacial score (nSPS) is 20.5. The summed E-state index contributed by atoms with van der Waals surface area (Å²) in [5, 5.41) is 9.71. The molecule has 15 heavy (non-hydrogen) atoms. The van der Waals surface area contributed by atoms with Crippen LogP contribution >= 0.6 is 0 Å². The van der Waals surface area contributed by atoms with E-state index in [1.165, 1.54) is 0 Å². The van der Waals surface area contributed by atoms with Crippen LogP contribution < -0.4 is 0 Å². The molecule has 1 heterocycles. The molecule has 0 aromatic carbocycles. The van der Waals surface area contributed by atoms with Gasteiger partial charge in [0.15, 0.2) is 0 Å². The first kappa shape index (κ1) is 12.7. The number of ketones is 1. The van der Waals surface area contributed by atoms with Crippen LogP contribution in [0.5, 0.6) is 0 Å². The predicted octanol–water partition coefficient (Wildman–Crippen LogP) is 1.45. The minimum atomic E-state index is -0.548. The van der Waals surface area contributed by atoms with Gasteiger partial charge in [-0.25, -0.2) is 0 Å². The van der Waals surface area contributed by atoms with Gasteiger partial charge in [-0.1, -0.05) is 0 Å². The molecule has 3 heteroatoms. The van der Waals surface area contributed by atoms with Gasteiger partial charge >= 0.3 is 0 Å². The smallest absolute Gasteiger partial charge is 0.143 e. The number of aliphatic hydroxyl groups is 1. The number of Topliss-reactive ketones (excluding diaryl/α,β-unsaturated/α-hetero) is 1. The Balaban J connectivity index is 2.27. The highest BCUT2D eigenvalue weighted by molar-refractivity contribution is 5.77. The maximum atomic E-state index is 10.9. The average molecular weight is 213 g/mol. The maximum Gasteiger partial charge on any atom is 0.143 e. The lowest BCUT2D eigenvalue weighted by Crippen LogP contribution is -2.38. The highest BCUT2D eigenvalue weighted by atomic mass is 16.3. The summed E-state index contributed by atoms with van der Waals surface area (Å²) in [6, 6.07) is 0. The molecule has 0 bridgehead atoms. The fraction of sp³-hybridized carbons (Fsp3) is 0.917. The van der Waals surface area contributed by atoms with E-state index >= 15 is 0 Å². The Morgan fingerprint density at radius 2 is 1.93 bits per heavy atom. The second kappa shape index (κ2) is 5.08. The Labute approximate surface area is 92.5 Å². The Bertz CT molecular complexity index is 212.